The van der Waals surface area contributed by atoms with Crippen LogP contribution in [0.5, 0.6) is 17.2 Å². The lowest BCUT2D eigenvalue weighted by Crippen LogP contribution is -2.38. The van der Waals surface area contributed by atoms with E-state index >= 15 is 0 Å². The molecule has 1 saturated heterocycles. The van der Waals surface area contributed by atoms with Crippen LogP contribution in [0.4, 0.5) is 5.69 Å². The topological polar surface area (TPSA) is 67.4 Å². The van der Waals surface area contributed by atoms with E-state index in [1.165, 1.54) is 11.3 Å². The van der Waals surface area contributed by atoms with Gasteiger partial charge in [-0.1, -0.05) is 12.1 Å². The highest BCUT2D eigenvalue weighted by Gasteiger charge is 2.23. The number of hydrogen-bond acceptors (Lipinski definition) is 5. The maximum absolute atomic E-state index is 5.46. The van der Waals surface area contributed by atoms with Crippen molar-refractivity contribution in [2.45, 2.75) is 19.8 Å². The van der Waals surface area contributed by atoms with Crippen LogP contribution in [0.2, 0.25) is 0 Å². The van der Waals surface area contributed by atoms with Crippen molar-refractivity contribution < 1.29 is 14.2 Å². The lowest BCUT2D eigenvalue weighted by molar-refractivity contribution is 0.174. The smallest absolute Gasteiger partial charge is 0.231 e. The summed E-state index contributed by atoms with van der Waals surface area (Å²) in [7, 11) is 1.71. The Bertz CT molecular complexity index is 902. The monoisotopic (exact) mass is 424 g/mol. The van der Waals surface area contributed by atoms with E-state index in [1.54, 1.807) is 7.11 Å². The molecule has 2 aromatic rings. The van der Waals surface area contributed by atoms with Gasteiger partial charge in [0, 0.05) is 44.5 Å². The molecule has 0 spiro atoms. The van der Waals surface area contributed by atoms with Crippen LogP contribution in [0.25, 0.3) is 0 Å². The third kappa shape index (κ3) is 5.54. The minimum absolute atomic E-state index is 0.310. The zero-order valence-electron chi connectivity index (χ0n) is 18.4. The van der Waals surface area contributed by atoms with Gasteiger partial charge < -0.3 is 29.7 Å². The average Bonchev–Trinajstić information content (AvgIpc) is 3.47. The van der Waals surface area contributed by atoms with E-state index in [0.717, 1.165) is 68.8 Å². The van der Waals surface area contributed by atoms with Crippen LogP contribution >= 0.6 is 0 Å². The van der Waals surface area contributed by atoms with Crippen molar-refractivity contribution >= 4 is 11.6 Å². The molecule has 0 bridgehead atoms. The molecule has 31 heavy (non-hydrogen) atoms. The SMILES string of the molecule is CCNC(=NCC1CCN(c2cccc(OC)c2)C1)NCCc1ccc2c(c1)OCO2. The molecule has 0 radical (unpaired) electrons. The molecule has 1 atom stereocenters. The quantitative estimate of drug-likeness (QED) is 0.502. The van der Waals surface area contributed by atoms with Crippen molar-refractivity contribution in [3.05, 3.63) is 48.0 Å². The van der Waals surface area contributed by atoms with Gasteiger partial charge in [-0.15, -0.1) is 0 Å². The fourth-order valence-electron chi connectivity index (χ4n) is 4.01. The Morgan fingerprint density at radius 2 is 2.06 bits per heavy atom. The van der Waals surface area contributed by atoms with Gasteiger partial charge >= 0.3 is 0 Å². The van der Waals surface area contributed by atoms with Crippen molar-refractivity contribution in [3.8, 4) is 17.2 Å². The first kappa shape index (κ1) is 21.2. The predicted octanol–water partition coefficient (Wildman–Crippen LogP) is 3.05. The number of nitrogens with zero attached hydrogens (tertiary/aromatic N) is 2. The van der Waals surface area contributed by atoms with Gasteiger partial charge in [0.25, 0.3) is 0 Å². The molecule has 0 saturated carbocycles. The molecule has 1 unspecified atom stereocenters. The van der Waals surface area contributed by atoms with Crippen LogP contribution in [-0.2, 0) is 6.42 Å². The molecule has 0 aromatic heterocycles. The Labute approximate surface area is 184 Å². The molecule has 2 aliphatic rings. The number of benzene rings is 2. The van der Waals surface area contributed by atoms with Gasteiger partial charge in [0.15, 0.2) is 17.5 Å². The highest BCUT2D eigenvalue weighted by molar-refractivity contribution is 5.79. The van der Waals surface area contributed by atoms with Crippen LogP contribution in [0.1, 0.15) is 18.9 Å². The zero-order valence-corrected chi connectivity index (χ0v) is 18.4. The Balaban J connectivity index is 1.26. The Hall–Kier alpha value is -3.09. The first-order valence-corrected chi connectivity index (χ1v) is 11.0. The van der Waals surface area contributed by atoms with E-state index in [-0.39, 0.29) is 0 Å². The molecular formula is C24H32N4O3. The Kier molecular flexibility index (Phi) is 7.02. The molecule has 1 fully saturated rings. The maximum Gasteiger partial charge on any atom is 0.231 e. The summed E-state index contributed by atoms with van der Waals surface area (Å²) < 4.78 is 16.2. The molecule has 2 heterocycles. The second-order valence-electron chi connectivity index (χ2n) is 7.89. The number of aliphatic imine (C=N–C) groups is 1. The zero-order chi connectivity index (χ0) is 21.5. The summed E-state index contributed by atoms with van der Waals surface area (Å²) in [5.41, 5.74) is 2.44. The molecule has 7 nitrogen and oxygen atoms in total. The van der Waals surface area contributed by atoms with Gasteiger partial charge in [0.2, 0.25) is 6.79 Å². The van der Waals surface area contributed by atoms with Crippen molar-refractivity contribution in [2.75, 3.05) is 51.5 Å². The second kappa shape index (κ2) is 10.3. The van der Waals surface area contributed by atoms with E-state index in [0.29, 0.717) is 12.7 Å². The molecule has 4 rings (SSSR count). The highest BCUT2D eigenvalue weighted by Crippen LogP contribution is 2.32. The number of guanidine groups is 1. The number of anilines is 1. The summed E-state index contributed by atoms with van der Waals surface area (Å²) in [6.07, 6.45) is 2.05. The maximum atomic E-state index is 5.46. The highest BCUT2D eigenvalue weighted by atomic mass is 16.7. The minimum atomic E-state index is 0.310. The van der Waals surface area contributed by atoms with E-state index in [2.05, 4.69) is 46.7 Å². The number of hydrogen-bond donors (Lipinski definition) is 2. The first-order chi connectivity index (χ1) is 15.2. The molecule has 2 aliphatic heterocycles. The van der Waals surface area contributed by atoms with E-state index in [4.69, 9.17) is 19.2 Å². The third-order valence-corrected chi connectivity index (χ3v) is 5.70. The molecule has 7 heteroatoms. The third-order valence-electron chi connectivity index (χ3n) is 5.70. The van der Waals surface area contributed by atoms with Crippen LogP contribution < -0.4 is 29.7 Å². The summed E-state index contributed by atoms with van der Waals surface area (Å²) in [6.45, 7) is 6.96. The first-order valence-electron chi connectivity index (χ1n) is 11.0. The number of ether oxygens (including phenoxy) is 3. The molecule has 166 valence electrons. The molecule has 2 N–H and O–H groups in total. The van der Waals surface area contributed by atoms with E-state index < -0.39 is 0 Å². The summed E-state index contributed by atoms with van der Waals surface area (Å²) in [5.74, 6) is 3.99. The number of fused-ring (bicyclic) bond motifs is 1. The summed E-state index contributed by atoms with van der Waals surface area (Å²) in [5, 5.41) is 6.81. The van der Waals surface area contributed by atoms with Crippen molar-refractivity contribution in [2.24, 2.45) is 10.9 Å². The Morgan fingerprint density at radius 3 is 2.94 bits per heavy atom. The summed E-state index contributed by atoms with van der Waals surface area (Å²) in [6, 6.07) is 14.4. The van der Waals surface area contributed by atoms with Gasteiger partial charge in [-0.25, -0.2) is 0 Å². The van der Waals surface area contributed by atoms with Gasteiger partial charge in [0.05, 0.1) is 7.11 Å². The molecule has 2 aromatic carbocycles. The van der Waals surface area contributed by atoms with Crippen LogP contribution in [-0.4, -0.2) is 52.6 Å². The normalized spacial score (nSPS) is 17.7. The van der Waals surface area contributed by atoms with Gasteiger partial charge in [-0.05, 0) is 55.5 Å². The predicted molar refractivity (Wildman–Crippen MR) is 124 cm³/mol. The average molecular weight is 425 g/mol. The Morgan fingerprint density at radius 1 is 1.16 bits per heavy atom. The molecule has 0 aliphatic carbocycles. The molecule has 0 amide bonds. The number of nitrogens with one attached hydrogen (secondary N) is 2. The van der Waals surface area contributed by atoms with Gasteiger partial charge in [-0.2, -0.15) is 0 Å². The summed E-state index contributed by atoms with van der Waals surface area (Å²) in [4.78, 5) is 7.26. The second-order valence-corrected chi connectivity index (χ2v) is 7.89. The van der Waals surface area contributed by atoms with Crippen molar-refractivity contribution in [1.29, 1.82) is 0 Å². The van der Waals surface area contributed by atoms with Crippen LogP contribution in [0, 0.1) is 5.92 Å². The minimum Gasteiger partial charge on any atom is -0.497 e. The standard InChI is InChI=1S/C24H32N4O3/c1-3-25-24(26-11-9-18-7-8-22-23(13-18)31-17-30-22)27-15-19-10-12-28(16-19)20-5-4-6-21(14-20)29-2/h4-8,13-14,19H,3,9-12,15-17H2,1-2H3,(H2,25,26,27). The number of methoxy groups -OCH3 is 1. The molecular weight excluding hydrogens is 392 g/mol. The van der Waals surface area contributed by atoms with Gasteiger partial charge in [-0.3, -0.25) is 4.99 Å². The van der Waals surface area contributed by atoms with Crippen molar-refractivity contribution in [3.63, 3.8) is 0 Å². The largest absolute Gasteiger partial charge is 0.497 e. The van der Waals surface area contributed by atoms with Crippen LogP contribution in [0.3, 0.4) is 0 Å². The fraction of sp³-hybridized carbons (Fsp3) is 0.458. The van der Waals surface area contributed by atoms with E-state index in [1.807, 2.05) is 18.2 Å². The van der Waals surface area contributed by atoms with Gasteiger partial charge in [0.1, 0.15) is 5.75 Å². The number of rotatable bonds is 8. The van der Waals surface area contributed by atoms with Crippen LogP contribution in [0.15, 0.2) is 47.5 Å². The summed E-state index contributed by atoms with van der Waals surface area (Å²) >= 11 is 0. The van der Waals surface area contributed by atoms with Crippen molar-refractivity contribution in [1.82, 2.24) is 10.6 Å². The lowest BCUT2D eigenvalue weighted by atomic mass is 10.1. The lowest BCUT2D eigenvalue weighted by Gasteiger charge is -2.19. The fourth-order valence-corrected chi connectivity index (χ4v) is 4.01. The van der Waals surface area contributed by atoms with E-state index in [9.17, 15) is 0 Å².